The van der Waals surface area contributed by atoms with Gasteiger partial charge in [-0.1, -0.05) is 6.92 Å². The Hall–Kier alpha value is -1.45. The van der Waals surface area contributed by atoms with Crippen LogP contribution in [0.15, 0.2) is 27.6 Å². The van der Waals surface area contributed by atoms with Gasteiger partial charge in [0.05, 0.1) is 17.0 Å². The van der Waals surface area contributed by atoms with Crippen LogP contribution < -0.4 is 10.6 Å². The summed E-state index contributed by atoms with van der Waals surface area (Å²) in [4.78, 5) is 23.7. The number of hydrogen-bond acceptors (Lipinski definition) is 4. The summed E-state index contributed by atoms with van der Waals surface area (Å²) < 4.78 is 25.7. The van der Waals surface area contributed by atoms with Crippen molar-refractivity contribution in [3.8, 4) is 0 Å². The summed E-state index contributed by atoms with van der Waals surface area (Å²) >= 11 is 3.21. The van der Waals surface area contributed by atoms with Gasteiger partial charge >= 0.3 is 0 Å². The Bertz CT molecular complexity index is 689. The summed E-state index contributed by atoms with van der Waals surface area (Å²) in [7, 11) is -0.816. The fraction of sp³-hybridized carbons (Fsp3) is 0.429. The van der Waals surface area contributed by atoms with Gasteiger partial charge in [0, 0.05) is 25.1 Å². The molecule has 0 saturated carbocycles. The molecule has 23 heavy (non-hydrogen) atoms. The molecule has 0 fully saturated rings. The van der Waals surface area contributed by atoms with Crippen molar-refractivity contribution in [1.82, 2.24) is 14.9 Å². The zero-order valence-electron chi connectivity index (χ0n) is 13.2. The number of nitrogens with zero attached hydrogens (tertiary/aromatic N) is 1. The summed E-state index contributed by atoms with van der Waals surface area (Å²) in [6, 6.07) is 4.17. The standard InChI is InChI=1S/C14H20BrN3O4S/c1-4-7-16-13(19)9-17-14(20)11-8-10(5-6-12(11)15)23(21,22)18(2)3/h5-6,8H,4,7,9H2,1-3H3,(H,16,19)(H,17,20). The van der Waals surface area contributed by atoms with Crippen LogP contribution >= 0.6 is 15.9 Å². The molecule has 128 valence electrons. The number of hydrogen-bond donors (Lipinski definition) is 2. The van der Waals surface area contributed by atoms with E-state index in [1.165, 1.54) is 32.3 Å². The second-order valence-corrected chi connectivity index (χ2v) is 7.97. The van der Waals surface area contributed by atoms with E-state index >= 15 is 0 Å². The predicted octanol–water partition coefficient (Wildman–Crippen LogP) is 0.955. The Morgan fingerprint density at radius 1 is 1.22 bits per heavy atom. The van der Waals surface area contributed by atoms with Crippen molar-refractivity contribution in [1.29, 1.82) is 0 Å². The molecular formula is C14H20BrN3O4S. The van der Waals surface area contributed by atoms with Crippen LogP contribution in [0.1, 0.15) is 23.7 Å². The van der Waals surface area contributed by atoms with Gasteiger partial charge in [0.25, 0.3) is 5.91 Å². The lowest BCUT2D eigenvalue weighted by molar-refractivity contribution is -0.120. The van der Waals surface area contributed by atoms with Crippen LogP contribution in [0.25, 0.3) is 0 Å². The van der Waals surface area contributed by atoms with Crippen molar-refractivity contribution in [3.05, 3.63) is 28.2 Å². The van der Waals surface area contributed by atoms with Gasteiger partial charge in [0.15, 0.2) is 0 Å². The average Bonchev–Trinajstić information content (AvgIpc) is 2.50. The molecule has 0 aliphatic carbocycles. The first-order valence-corrected chi connectivity index (χ1v) is 9.20. The Morgan fingerprint density at radius 3 is 2.43 bits per heavy atom. The third-order valence-corrected chi connectivity index (χ3v) is 5.45. The van der Waals surface area contributed by atoms with Crippen LogP contribution in [-0.2, 0) is 14.8 Å². The second-order valence-electron chi connectivity index (χ2n) is 4.96. The highest BCUT2D eigenvalue weighted by atomic mass is 79.9. The summed E-state index contributed by atoms with van der Waals surface area (Å²) in [5, 5.41) is 5.10. The smallest absolute Gasteiger partial charge is 0.252 e. The lowest BCUT2D eigenvalue weighted by Gasteiger charge is -2.13. The molecule has 0 radical (unpaired) electrons. The van der Waals surface area contributed by atoms with Gasteiger partial charge in [-0.2, -0.15) is 0 Å². The SMILES string of the molecule is CCCNC(=O)CNC(=O)c1cc(S(=O)(=O)N(C)C)ccc1Br. The largest absolute Gasteiger partial charge is 0.355 e. The lowest BCUT2D eigenvalue weighted by Crippen LogP contribution is -2.37. The van der Waals surface area contributed by atoms with Gasteiger partial charge in [-0.25, -0.2) is 12.7 Å². The first kappa shape index (κ1) is 19.6. The van der Waals surface area contributed by atoms with E-state index in [9.17, 15) is 18.0 Å². The molecule has 0 atom stereocenters. The minimum absolute atomic E-state index is 0.00582. The van der Waals surface area contributed by atoms with Crippen LogP contribution in [0.4, 0.5) is 0 Å². The Labute approximate surface area is 144 Å². The van der Waals surface area contributed by atoms with E-state index in [1.54, 1.807) is 0 Å². The third-order valence-electron chi connectivity index (χ3n) is 2.94. The molecule has 0 saturated heterocycles. The summed E-state index contributed by atoms with van der Waals surface area (Å²) in [6.45, 7) is 2.29. The van der Waals surface area contributed by atoms with Gasteiger partial charge in [-0.15, -0.1) is 0 Å². The maximum absolute atomic E-state index is 12.2. The minimum Gasteiger partial charge on any atom is -0.355 e. The van der Waals surface area contributed by atoms with Gasteiger partial charge in [0.1, 0.15) is 0 Å². The van der Waals surface area contributed by atoms with E-state index < -0.39 is 15.9 Å². The Kier molecular flexibility index (Phi) is 7.17. The first-order valence-electron chi connectivity index (χ1n) is 6.97. The van der Waals surface area contributed by atoms with Crippen molar-refractivity contribution in [3.63, 3.8) is 0 Å². The van der Waals surface area contributed by atoms with E-state index in [0.29, 0.717) is 11.0 Å². The molecule has 0 aliphatic rings. The molecule has 0 aliphatic heterocycles. The fourth-order valence-corrected chi connectivity index (χ4v) is 2.99. The topological polar surface area (TPSA) is 95.6 Å². The molecule has 1 aromatic carbocycles. The molecule has 0 spiro atoms. The zero-order chi connectivity index (χ0) is 17.6. The molecule has 1 rings (SSSR count). The Balaban J connectivity index is 2.91. The van der Waals surface area contributed by atoms with Crippen molar-refractivity contribution in [2.24, 2.45) is 0 Å². The van der Waals surface area contributed by atoms with Crippen LogP contribution in [-0.4, -0.2) is 51.7 Å². The lowest BCUT2D eigenvalue weighted by atomic mass is 10.2. The molecule has 1 aromatic rings. The molecule has 2 N–H and O–H groups in total. The van der Waals surface area contributed by atoms with Gasteiger partial charge in [-0.3, -0.25) is 9.59 Å². The normalized spacial score (nSPS) is 11.3. The van der Waals surface area contributed by atoms with Crippen molar-refractivity contribution < 1.29 is 18.0 Å². The van der Waals surface area contributed by atoms with E-state index in [2.05, 4.69) is 26.6 Å². The average molecular weight is 406 g/mol. The van der Waals surface area contributed by atoms with Crippen molar-refractivity contribution in [2.75, 3.05) is 27.2 Å². The van der Waals surface area contributed by atoms with Crippen LogP contribution in [0.3, 0.4) is 0 Å². The highest BCUT2D eigenvalue weighted by molar-refractivity contribution is 9.10. The fourth-order valence-electron chi connectivity index (χ4n) is 1.63. The number of benzene rings is 1. The number of carbonyl (C=O) groups is 2. The van der Waals surface area contributed by atoms with E-state index in [4.69, 9.17) is 0 Å². The molecule has 0 heterocycles. The van der Waals surface area contributed by atoms with Crippen LogP contribution in [0.2, 0.25) is 0 Å². The van der Waals surface area contributed by atoms with E-state index in [0.717, 1.165) is 10.7 Å². The van der Waals surface area contributed by atoms with Crippen molar-refractivity contribution in [2.45, 2.75) is 18.2 Å². The highest BCUT2D eigenvalue weighted by Crippen LogP contribution is 2.22. The number of sulfonamides is 1. The number of nitrogens with one attached hydrogen (secondary N) is 2. The number of rotatable bonds is 7. The number of carbonyl (C=O) groups excluding carboxylic acids is 2. The van der Waals surface area contributed by atoms with Crippen molar-refractivity contribution >= 4 is 37.8 Å². The molecule has 7 nitrogen and oxygen atoms in total. The first-order chi connectivity index (χ1) is 10.7. The Morgan fingerprint density at radius 2 is 1.87 bits per heavy atom. The maximum atomic E-state index is 12.2. The monoisotopic (exact) mass is 405 g/mol. The molecule has 0 unspecified atom stereocenters. The molecule has 2 amide bonds. The molecule has 0 aromatic heterocycles. The van der Waals surface area contributed by atoms with E-state index in [1.807, 2.05) is 6.92 Å². The van der Waals surface area contributed by atoms with Gasteiger partial charge in [-0.05, 0) is 40.5 Å². The maximum Gasteiger partial charge on any atom is 0.252 e. The molecule has 9 heteroatoms. The number of halogens is 1. The summed E-state index contributed by atoms with van der Waals surface area (Å²) in [5.74, 6) is -0.826. The summed E-state index contributed by atoms with van der Waals surface area (Å²) in [6.07, 6.45) is 0.801. The van der Waals surface area contributed by atoms with Crippen LogP contribution in [0.5, 0.6) is 0 Å². The molecule has 0 bridgehead atoms. The van der Waals surface area contributed by atoms with Gasteiger partial charge < -0.3 is 10.6 Å². The van der Waals surface area contributed by atoms with Crippen LogP contribution in [0, 0.1) is 0 Å². The summed E-state index contributed by atoms with van der Waals surface area (Å²) in [5.41, 5.74) is 0.149. The zero-order valence-corrected chi connectivity index (χ0v) is 15.6. The molecular weight excluding hydrogens is 386 g/mol. The van der Waals surface area contributed by atoms with E-state index in [-0.39, 0.29) is 22.9 Å². The highest BCUT2D eigenvalue weighted by Gasteiger charge is 2.20. The van der Waals surface area contributed by atoms with Gasteiger partial charge in [0.2, 0.25) is 15.9 Å². The number of amides is 2. The predicted molar refractivity (Wildman–Crippen MR) is 90.6 cm³/mol. The quantitative estimate of drug-likeness (QED) is 0.705. The second kappa shape index (κ2) is 8.42. The minimum atomic E-state index is -3.64. The third kappa shape index (κ3) is 5.29.